The second-order valence-corrected chi connectivity index (χ2v) is 7.82. The number of benzene rings is 3. The summed E-state index contributed by atoms with van der Waals surface area (Å²) in [5, 5.41) is 22.9. The van der Waals surface area contributed by atoms with Crippen molar-refractivity contribution in [3.05, 3.63) is 99.6 Å². The van der Waals surface area contributed by atoms with Crippen molar-refractivity contribution in [3.8, 4) is 11.8 Å². The average molecular weight is 456 g/mol. The minimum atomic E-state index is -0.881. The molecule has 1 aliphatic heterocycles. The van der Waals surface area contributed by atoms with Gasteiger partial charge >= 0.3 is 0 Å². The van der Waals surface area contributed by atoms with Gasteiger partial charge in [0.25, 0.3) is 11.6 Å². The number of ether oxygens (including phenoxy) is 1. The van der Waals surface area contributed by atoms with E-state index in [1.54, 1.807) is 53.4 Å². The van der Waals surface area contributed by atoms with E-state index in [0.29, 0.717) is 11.3 Å². The van der Waals surface area contributed by atoms with Crippen molar-refractivity contribution in [3.63, 3.8) is 0 Å². The smallest absolute Gasteiger partial charge is 0.273 e. The second kappa shape index (κ2) is 9.42. The number of hydrogen-bond donors (Lipinski definition) is 1. The van der Waals surface area contributed by atoms with Crippen molar-refractivity contribution >= 4 is 23.2 Å². The second-order valence-electron chi connectivity index (χ2n) is 7.82. The van der Waals surface area contributed by atoms with Crippen molar-refractivity contribution in [2.24, 2.45) is 0 Å². The number of nitrogens with one attached hydrogen (secondary N) is 1. The fourth-order valence-corrected chi connectivity index (χ4v) is 3.88. The lowest BCUT2D eigenvalue weighted by atomic mass is 9.89. The van der Waals surface area contributed by atoms with Crippen LogP contribution in [0.25, 0.3) is 0 Å². The number of hydrogen-bond acceptors (Lipinski definition) is 6. The Morgan fingerprint density at radius 2 is 1.88 bits per heavy atom. The van der Waals surface area contributed by atoms with Gasteiger partial charge in [-0.25, -0.2) is 0 Å². The Morgan fingerprint density at radius 1 is 1.15 bits per heavy atom. The number of nitrogens with zero attached hydrogens (tertiary/aromatic N) is 3. The molecule has 1 heterocycles. The van der Waals surface area contributed by atoms with Crippen molar-refractivity contribution in [1.82, 2.24) is 4.90 Å². The molecular weight excluding hydrogens is 436 g/mol. The Labute approximate surface area is 195 Å². The topological polar surface area (TPSA) is 126 Å². The van der Waals surface area contributed by atoms with Crippen molar-refractivity contribution in [1.29, 1.82) is 5.26 Å². The fraction of sp³-hybridized carbons (Fsp3) is 0.160. The third-order valence-corrected chi connectivity index (χ3v) is 5.42. The largest absolute Gasteiger partial charge is 0.478 e. The molecule has 2 amide bonds. The van der Waals surface area contributed by atoms with Crippen LogP contribution < -0.4 is 10.1 Å². The number of carbonyl (C=O) groups is 2. The van der Waals surface area contributed by atoms with E-state index in [-0.39, 0.29) is 29.8 Å². The molecule has 1 aliphatic rings. The summed E-state index contributed by atoms with van der Waals surface area (Å²) in [4.78, 5) is 36.7. The van der Waals surface area contributed by atoms with Gasteiger partial charge < -0.3 is 15.0 Å². The molecule has 1 fully saturated rings. The van der Waals surface area contributed by atoms with Gasteiger partial charge in [0.1, 0.15) is 11.8 Å². The van der Waals surface area contributed by atoms with E-state index in [9.17, 15) is 19.7 Å². The first-order chi connectivity index (χ1) is 16.4. The summed E-state index contributed by atoms with van der Waals surface area (Å²) in [6.45, 7) is 1.69. The summed E-state index contributed by atoms with van der Waals surface area (Å²) in [6, 6.07) is 21.3. The maximum absolute atomic E-state index is 13.1. The van der Waals surface area contributed by atoms with Crippen LogP contribution in [0.3, 0.4) is 0 Å². The number of carbonyl (C=O) groups excluding carboxylic acids is 2. The number of likely N-dealkylation sites (tertiary alicyclic amines) is 1. The highest BCUT2D eigenvalue weighted by molar-refractivity contribution is 5.90. The first-order valence-corrected chi connectivity index (χ1v) is 10.4. The van der Waals surface area contributed by atoms with E-state index >= 15 is 0 Å². The van der Waals surface area contributed by atoms with Gasteiger partial charge in [-0.05, 0) is 41.5 Å². The summed E-state index contributed by atoms with van der Waals surface area (Å²) in [7, 11) is 0. The molecule has 1 saturated heterocycles. The Kier molecular flexibility index (Phi) is 6.23. The average Bonchev–Trinajstić information content (AvgIpc) is 2.83. The van der Waals surface area contributed by atoms with Crippen LogP contribution in [0, 0.1) is 21.4 Å². The number of anilines is 1. The first-order valence-electron chi connectivity index (χ1n) is 10.4. The van der Waals surface area contributed by atoms with E-state index in [1.165, 1.54) is 25.1 Å². The van der Waals surface area contributed by atoms with Crippen molar-refractivity contribution < 1.29 is 19.2 Å². The first kappa shape index (κ1) is 22.5. The highest BCUT2D eigenvalue weighted by Crippen LogP contribution is 2.39. The SMILES string of the molecule is CC(=O)Nc1cccc(CN2C(=O)[C@H](Oc3cccc([N+](=O)[O-])c3)[C@H]2c2ccc(C#N)cc2)c1. The molecule has 170 valence electrons. The quantitative estimate of drug-likeness (QED) is 0.326. The molecule has 0 saturated carbocycles. The molecule has 4 rings (SSSR count). The van der Waals surface area contributed by atoms with Crippen LogP contribution in [-0.4, -0.2) is 27.7 Å². The molecule has 0 spiro atoms. The summed E-state index contributed by atoms with van der Waals surface area (Å²) < 4.78 is 5.90. The summed E-state index contributed by atoms with van der Waals surface area (Å²) >= 11 is 0. The standard InChI is InChI=1S/C25H20N4O5/c1-16(30)27-20-5-2-4-18(12-20)15-28-23(19-10-8-17(14-26)9-11-19)24(25(28)31)34-22-7-3-6-21(13-22)29(32)33/h2-13,23-24H,15H2,1H3,(H,27,30)/t23-,24-/m1/s1. The zero-order valence-electron chi connectivity index (χ0n) is 18.2. The number of non-ortho nitro benzene ring substituents is 1. The van der Waals surface area contributed by atoms with Crippen LogP contribution in [0.5, 0.6) is 5.75 Å². The molecule has 2 atom stereocenters. The van der Waals surface area contributed by atoms with E-state index in [2.05, 4.69) is 11.4 Å². The van der Waals surface area contributed by atoms with Gasteiger partial charge in [-0.15, -0.1) is 0 Å². The third kappa shape index (κ3) is 4.71. The Balaban J connectivity index is 1.62. The fourth-order valence-electron chi connectivity index (χ4n) is 3.88. The summed E-state index contributed by atoms with van der Waals surface area (Å²) in [6.07, 6.45) is -0.881. The number of nitro groups is 1. The van der Waals surface area contributed by atoms with Gasteiger partial charge in [-0.3, -0.25) is 19.7 Å². The van der Waals surface area contributed by atoms with Crippen LogP contribution in [-0.2, 0) is 16.1 Å². The normalized spacial score (nSPS) is 16.8. The van der Waals surface area contributed by atoms with Crippen LogP contribution >= 0.6 is 0 Å². The minimum absolute atomic E-state index is 0.133. The van der Waals surface area contributed by atoms with E-state index in [0.717, 1.165) is 11.1 Å². The molecule has 3 aromatic rings. The zero-order valence-corrected chi connectivity index (χ0v) is 18.2. The van der Waals surface area contributed by atoms with E-state index in [4.69, 9.17) is 10.00 Å². The number of rotatable bonds is 7. The van der Waals surface area contributed by atoms with Gasteiger partial charge in [-0.1, -0.05) is 30.3 Å². The number of β-lactam (4-membered cyclic amide) rings is 1. The maximum Gasteiger partial charge on any atom is 0.273 e. The minimum Gasteiger partial charge on any atom is -0.478 e. The third-order valence-electron chi connectivity index (χ3n) is 5.42. The molecule has 9 nitrogen and oxygen atoms in total. The lowest BCUT2D eigenvalue weighted by molar-refractivity contribution is -0.385. The zero-order chi connectivity index (χ0) is 24.2. The summed E-state index contributed by atoms with van der Waals surface area (Å²) in [5.74, 6) is -0.248. The number of nitro benzene ring substituents is 1. The lowest BCUT2D eigenvalue weighted by Crippen LogP contribution is -2.60. The van der Waals surface area contributed by atoms with Crippen LogP contribution in [0.2, 0.25) is 0 Å². The maximum atomic E-state index is 13.1. The Bertz CT molecular complexity index is 1300. The van der Waals surface area contributed by atoms with Gasteiger partial charge in [-0.2, -0.15) is 5.26 Å². The van der Waals surface area contributed by atoms with Crippen molar-refractivity contribution in [2.45, 2.75) is 25.6 Å². The molecule has 3 aromatic carbocycles. The predicted molar refractivity (Wildman–Crippen MR) is 123 cm³/mol. The van der Waals surface area contributed by atoms with Gasteiger partial charge in [0.15, 0.2) is 0 Å². The monoisotopic (exact) mass is 456 g/mol. The molecule has 34 heavy (non-hydrogen) atoms. The predicted octanol–water partition coefficient (Wildman–Crippen LogP) is 3.96. The highest BCUT2D eigenvalue weighted by atomic mass is 16.6. The Morgan fingerprint density at radius 3 is 2.56 bits per heavy atom. The summed E-state index contributed by atoms with van der Waals surface area (Å²) in [5.41, 5.74) is 2.56. The van der Waals surface area contributed by atoms with Gasteiger partial charge in [0.2, 0.25) is 12.0 Å². The van der Waals surface area contributed by atoms with Crippen LogP contribution in [0.4, 0.5) is 11.4 Å². The van der Waals surface area contributed by atoms with E-state index < -0.39 is 17.1 Å². The van der Waals surface area contributed by atoms with E-state index in [1.807, 2.05) is 6.07 Å². The molecule has 1 N–H and O–H groups in total. The molecule has 0 bridgehead atoms. The number of amides is 2. The Hall–Kier alpha value is -4.71. The lowest BCUT2D eigenvalue weighted by Gasteiger charge is -2.46. The molecule has 0 aliphatic carbocycles. The van der Waals surface area contributed by atoms with Crippen molar-refractivity contribution in [2.75, 3.05) is 5.32 Å². The van der Waals surface area contributed by atoms with Crippen LogP contribution in [0.15, 0.2) is 72.8 Å². The number of nitriles is 1. The molecule has 0 aromatic heterocycles. The molecule has 9 heteroatoms. The molecular formula is C25H20N4O5. The van der Waals surface area contributed by atoms with Gasteiger partial charge in [0, 0.05) is 25.2 Å². The highest BCUT2D eigenvalue weighted by Gasteiger charge is 2.50. The molecule has 0 unspecified atom stereocenters. The molecule has 0 radical (unpaired) electrons. The van der Waals surface area contributed by atoms with Crippen LogP contribution in [0.1, 0.15) is 29.7 Å². The van der Waals surface area contributed by atoms with Gasteiger partial charge in [0.05, 0.1) is 22.6 Å².